The molecule has 1 saturated heterocycles. The fourth-order valence-corrected chi connectivity index (χ4v) is 3.33. The van der Waals surface area contributed by atoms with Crippen LogP contribution in [0, 0.1) is 6.92 Å². The lowest BCUT2D eigenvalue weighted by molar-refractivity contribution is -0.0504. The Morgan fingerprint density at radius 1 is 1.29 bits per heavy atom. The molecule has 1 aliphatic heterocycles. The van der Waals surface area contributed by atoms with E-state index in [1.807, 2.05) is 19.9 Å². The van der Waals surface area contributed by atoms with E-state index in [2.05, 4.69) is 39.4 Å². The molecule has 0 saturated carbocycles. The Hall–Kier alpha value is -1.93. The molecule has 8 heteroatoms. The first kappa shape index (κ1) is 22.4. The van der Waals surface area contributed by atoms with Crippen LogP contribution >= 0.6 is 0 Å². The van der Waals surface area contributed by atoms with Crippen LogP contribution in [0.25, 0.3) is 0 Å². The molecule has 2 N–H and O–H groups in total. The van der Waals surface area contributed by atoms with Gasteiger partial charge in [-0.2, -0.15) is 8.78 Å². The molecule has 0 atom stereocenters. The number of benzene rings is 1. The largest absolute Gasteiger partial charge is 0.434 e. The zero-order chi connectivity index (χ0) is 20.6. The van der Waals surface area contributed by atoms with Gasteiger partial charge in [0.15, 0.2) is 5.96 Å². The minimum atomic E-state index is -2.86. The maximum absolute atomic E-state index is 12.7. The minimum Gasteiger partial charge on any atom is -0.434 e. The van der Waals surface area contributed by atoms with Gasteiger partial charge in [-0.25, -0.2) is 4.99 Å². The van der Waals surface area contributed by atoms with Crippen molar-refractivity contribution in [3.05, 3.63) is 29.3 Å². The SMILES string of the molecule is CCNC(=NCc1cc(C)ccc1OC(F)F)NCC1(N(C)C)CCOCC1. The summed E-state index contributed by atoms with van der Waals surface area (Å²) in [5.41, 5.74) is 1.60. The quantitative estimate of drug-likeness (QED) is 0.521. The van der Waals surface area contributed by atoms with E-state index in [4.69, 9.17) is 4.74 Å². The van der Waals surface area contributed by atoms with Gasteiger partial charge < -0.3 is 25.0 Å². The summed E-state index contributed by atoms with van der Waals surface area (Å²) < 4.78 is 35.5. The number of hydrogen-bond acceptors (Lipinski definition) is 4. The van der Waals surface area contributed by atoms with Crippen molar-refractivity contribution in [3.63, 3.8) is 0 Å². The van der Waals surface area contributed by atoms with Gasteiger partial charge in [0.2, 0.25) is 0 Å². The lowest BCUT2D eigenvalue weighted by atomic mass is 9.88. The summed E-state index contributed by atoms with van der Waals surface area (Å²) in [5, 5.41) is 6.63. The van der Waals surface area contributed by atoms with E-state index in [9.17, 15) is 8.78 Å². The van der Waals surface area contributed by atoms with E-state index >= 15 is 0 Å². The van der Waals surface area contributed by atoms with Crippen molar-refractivity contribution in [2.75, 3.05) is 40.4 Å². The van der Waals surface area contributed by atoms with Gasteiger partial charge >= 0.3 is 6.61 Å². The normalized spacial score (nSPS) is 17.1. The van der Waals surface area contributed by atoms with Crippen molar-refractivity contribution in [2.24, 2.45) is 4.99 Å². The lowest BCUT2D eigenvalue weighted by Gasteiger charge is -2.43. The van der Waals surface area contributed by atoms with Crippen LogP contribution in [-0.4, -0.2) is 63.4 Å². The number of alkyl halides is 2. The van der Waals surface area contributed by atoms with Crippen LogP contribution in [0.1, 0.15) is 30.9 Å². The molecule has 0 aliphatic carbocycles. The van der Waals surface area contributed by atoms with E-state index < -0.39 is 6.61 Å². The van der Waals surface area contributed by atoms with Gasteiger partial charge in [-0.3, -0.25) is 0 Å². The number of guanidine groups is 1. The Morgan fingerprint density at radius 3 is 2.61 bits per heavy atom. The Kier molecular flexibility index (Phi) is 8.44. The third-order valence-electron chi connectivity index (χ3n) is 5.14. The van der Waals surface area contributed by atoms with Gasteiger partial charge in [-0.1, -0.05) is 17.7 Å². The molecule has 0 bridgehead atoms. The zero-order valence-corrected chi connectivity index (χ0v) is 17.2. The number of halogens is 2. The van der Waals surface area contributed by atoms with Crippen LogP contribution in [0.4, 0.5) is 8.78 Å². The average molecular weight is 398 g/mol. The monoisotopic (exact) mass is 398 g/mol. The maximum atomic E-state index is 12.7. The molecule has 1 aromatic rings. The molecular weight excluding hydrogens is 366 g/mol. The summed E-state index contributed by atoms with van der Waals surface area (Å²) in [5.74, 6) is 0.814. The van der Waals surface area contributed by atoms with Crippen molar-refractivity contribution in [3.8, 4) is 5.75 Å². The van der Waals surface area contributed by atoms with Crippen LogP contribution in [0.3, 0.4) is 0 Å². The van der Waals surface area contributed by atoms with Gasteiger partial charge in [-0.05, 0) is 46.9 Å². The van der Waals surface area contributed by atoms with Gasteiger partial charge in [0.05, 0.1) is 6.54 Å². The number of likely N-dealkylation sites (N-methyl/N-ethyl adjacent to an activating group) is 1. The molecule has 0 amide bonds. The molecule has 0 aromatic heterocycles. The summed E-state index contributed by atoms with van der Waals surface area (Å²) in [6, 6.07) is 5.14. The highest BCUT2D eigenvalue weighted by Gasteiger charge is 2.34. The number of aliphatic imine (C=N–C) groups is 1. The number of nitrogens with zero attached hydrogens (tertiary/aromatic N) is 2. The number of aryl methyl sites for hydroxylation is 1. The topological polar surface area (TPSA) is 58.1 Å². The molecule has 28 heavy (non-hydrogen) atoms. The van der Waals surface area contributed by atoms with Crippen LogP contribution < -0.4 is 15.4 Å². The first-order valence-corrected chi connectivity index (χ1v) is 9.68. The third-order valence-corrected chi connectivity index (χ3v) is 5.14. The summed E-state index contributed by atoms with van der Waals surface area (Å²) in [7, 11) is 4.16. The first-order valence-electron chi connectivity index (χ1n) is 9.68. The molecular formula is C20H32F2N4O2. The van der Waals surface area contributed by atoms with Gasteiger partial charge in [0, 0.05) is 37.4 Å². The van der Waals surface area contributed by atoms with Crippen LogP contribution in [0.15, 0.2) is 23.2 Å². The van der Waals surface area contributed by atoms with Crippen molar-refractivity contribution in [1.82, 2.24) is 15.5 Å². The summed E-state index contributed by atoms with van der Waals surface area (Å²) in [4.78, 5) is 6.82. The van der Waals surface area contributed by atoms with Crippen LogP contribution in [-0.2, 0) is 11.3 Å². The molecule has 0 spiro atoms. The number of nitrogens with one attached hydrogen (secondary N) is 2. The highest BCUT2D eigenvalue weighted by atomic mass is 19.3. The third kappa shape index (κ3) is 6.31. The van der Waals surface area contributed by atoms with Crippen molar-refractivity contribution in [2.45, 2.75) is 45.4 Å². The standard InChI is InChI=1S/C20H32F2N4O2/c1-5-23-19(25-14-20(26(3)4)8-10-27-11-9-20)24-13-16-12-15(2)6-7-17(16)28-18(21)22/h6-7,12,18H,5,8-11,13-14H2,1-4H3,(H2,23,24,25). The van der Waals surface area contributed by atoms with E-state index in [1.54, 1.807) is 12.1 Å². The smallest absolute Gasteiger partial charge is 0.387 e. The average Bonchev–Trinajstić information content (AvgIpc) is 2.66. The molecule has 2 rings (SSSR count). The summed E-state index contributed by atoms with van der Waals surface area (Å²) in [6.07, 6.45) is 1.88. The lowest BCUT2D eigenvalue weighted by Crippen LogP contribution is -2.57. The van der Waals surface area contributed by atoms with Gasteiger partial charge in [-0.15, -0.1) is 0 Å². The second-order valence-electron chi connectivity index (χ2n) is 7.27. The van der Waals surface area contributed by atoms with Crippen LogP contribution in [0.2, 0.25) is 0 Å². The summed E-state index contributed by atoms with van der Waals surface area (Å²) >= 11 is 0. The molecule has 158 valence electrons. The highest BCUT2D eigenvalue weighted by molar-refractivity contribution is 5.79. The predicted octanol–water partition coefficient (Wildman–Crippen LogP) is 2.76. The number of ether oxygens (including phenoxy) is 2. The Bertz CT molecular complexity index is 647. The molecule has 6 nitrogen and oxygen atoms in total. The molecule has 1 fully saturated rings. The fourth-order valence-electron chi connectivity index (χ4n) is 3.33. The van der Waals surface area contributed by atoms with E-state index in [0.717, 1.165) is 38.2 Å². The summed E-state index contributed by atoms with van der Waals surface area (Å²) in [6.45, 7) is 4.21. The number of hydrogen-bond donors (Lipinski definition) is 2. The van der Waals surface area contributed by atoms with E-state index in [0.29, 0.717) is 18.1 Å². The molecule has 0 radical (unpaired) electrons. The molecule has 1 aliphatic rings. The zero-order valence-electron chi connectivity index (χ0n) is 17.2. The van der Waals surface area contributed by atoms with Gasteiger partial charge in [0.25, 0.3) is 0 Å². The van der Waals surface area contributed by atoms with Crippen molar-refractivity contribution in [1.29, 1.82) is 0 Å². The molecule has 0 unspecified atom stereocenters. The van der Waals surface area contributed by atoms with Crippen molar-refractivity contribution >= 4 is 5.96 Å². The molecule has 1 aromatic carbocycles. The fraction of sp³-hybridized carbons (Fsp3) is 0.650. The second kappa shape index (κ2) is 10.6. The minimum absolute atomic E-state index is 0.00171. The highest BCUT2D eigenvalue weighted by Crippen LogP contribution is 2.25. The van der Waals surface area contributed by atoms with E-state index in [1.165, 1.54) is 0 Å². The van der Waals surface area contributed by atoms with Crippen molar-refractivity contribution < 1.29 is 18.3 Å². The van der Waals surface area contributed by atoms with Crippen LogP contribution in [0.5, 0.6) is 5.75 Å². The van der Waals surface area contributed by atoms with Gasteiger partial charge in [0.1, 0.15) is 5.75 Å². The predicted molar refractivity (Wildman–Crippen MR) is 107 cm³/mol. The van der Waals surface area contributed by atoms with E-state index in [-0.39, 0.29) is 17.8 Å². The Balaban J connectivity index is 2.11. The molecule has 1 heterocycles. The first-order chi connectivity index (χ1) is 13.4. The second-order valence-corrected chi connectivity index (χ2v) is 7.27. The Morgan fingerprint density at radius 2 is 2.00 bits per heavy atom. The Labute approximate surface area is 166 Å². The number of rotatable bonds is 8. The maximum Gasteiger partial charge on any atom is 0.387 e.